The summed E-state index contributed by atoms with van der Waals surface area (Å²) in [5, 5.41) is 0. The second-order valence-electron chi connectivity index (χ2n) is 8.69. The van der Waals surface area contributed by atoms with Crippen molar-refractivity contribution in [3.8, 4) is 5.75 Å². The summed E-state index contributed by atoms with van der Waals surface area (Å²) in [5.74, 6) is 0.814. The lowest BCUT2D eigenvalue weighted by atomic mass is 10.0. The van der Waals surface area contributed by atoms with Crippen molar-refractivity contribution in [3.63, 3.8) is 0 Å². The molecule has 0 fully saturated rings. The average Bonchev–Trinajstić information content (AvgIpc) is 2.91. The molecule has 5 rings (SSSR count). The van der Waals surface area contributed by atoms with E-state index in [0.717, 1.165) is 28.3 Å². The first kappa shape index (κ1) is 22.5. The molecule has 0 aliphatic carbocycles. The Balaban J connectivity index is 1.62. The zero-order chi connectivity index (χ0) is 24.2. The number of carbonyl (C=O) groups is 1. The molecule has 0 saturated carbocycles. The molecule has 1 atom stereocenters. The van der Waals surface area contributed by atoms with Gasteiger partial charge in [0.1, 0.15) is 11.9 Å². The zero-order valence-electron chi connectivity index (χ0n) is 20.0. The van der Waals surface area contributed by atoms with E-state index in [4.69, 9.17) is 4.74 Å². The highest BCUT2D eigenvalue weighted by atomic mass is 16.5. The summed E-state index contributed by atoms with van der Waals surface area (Å²) in [6.07, 6.45) is 3.88. The molecule has 0 bridgehead atoms. The molecule has 0 aromatic heterocycles. The molecule has 0 saturated heterocycles. The largest absolute Gasteiger partial charge is 0.497 e. The third kappa shape index (κ3) is 4.69. The molecule has 4 heteroatoms. The van der Waals surface area contributed by atoms with Gasteiger partial charge in [-0.25, -0.2) is 0 Å². The monoisotopic (exact) mass is 460 g/mol. The molecular formula is C31H28N2O2. The number of anilines is 2. The predicted octanol–water partition coefficient (Wildman–Crippen LogP) is 6.71. The van der Waals surface area contributed by atoms with Crippen molar-refractivity contribution in [1.82, 2.24) is 0 Å². The Morgan fingerprint density at radius 1 is 0.829 bits per heavy atom. The molecule has 0 N–H and O–H groups in total. The summed E-state index contributed by atoms with van der Waals surface area (Å²) in [6.45, 7) is 2.73. The van der Waals surface area contributed by atoms with Crippen LogP contribution in [0.4, 0.5) is 11.4 Å². The maximum Gasteiger partial charge on any atom is 0.262 e. The maximum absolute atomic E-state index is 13.9. The summed E-state index contributed by atoms with van der Waals surface area (Å²) >= 11 is 0. The third-order valence-electron chi connectivity index (χ3n) is 6.33. The van der Waals surface area contributed by atoms with Crippen LogP contribution in [0.15, 0.2) is 109 Å². The number of methoxy groups -OCH3 is 1. The van der Waals surface area contributed by atoms with Crippen molar-refractivity contribution in [2.45, 2.75) is 19.6 Å². The molecule has 1 heterocycles. The van der Waals surface area contributed by atoms with Gasteiger partial charge in [0.15, 0.2) is 0 Å². The molecule has 0 spiro atoms. The van der Waals surface area contributed by atoms with Crippen LogP contribution in [0, 0.1) is 6.92 Å². The molecule has 4 aromatic rings. The van der Waals surface area contributed by atoms with Crippen molar-refractivity contribution in [2.75, 3.05) is 16.9 Å². The third-order valence-corrected chi connectivity index (χ3v) is 6.33. The summed E-state index contributed by atoms with van der Waals surface area (Å²) < 4.78 is 5.30. The Hall–Kier alpha value is -4.31. The lowest BCUT2D eigenvalue weighted by Crippen LogP contribution is -2.54. The fraction of sp³-hybridized carbons (Fsp3) is 0.129. The van der Waals surface area contributed by atoms with Crippen molar-refractivity contribution in [1.29, 1.82) is 0 Å². The van der Waals surface area contributed by atoms with Crippen LogP contribution in [0.3, 0.4) is 0 Å². The summed E-state index contributed by atoms with van der Waals surface area (Å²) in [5.41, 5.74) is 5.90. The first-order valence-corrected chi connectivity index (χ1v) is 11.8. The molecule has 4 aromatic carbocycles. The quantitative estimate of drug-likeness (QED) is 0.321. The van der Waals surface area contributed by atoms with Crippen LogP contribution in [-0.4, -0.2) is 19.2 Å². The highest BCUT2D eigenvalue weighted by molar-refractivity contribution is 6.12. The van der Waals surface area contributed by atoms with Crippen molar-refractivity contribution >= 4 is 23.4 Å². The van der Waals surface area contributed by atoms with Crippen LogP contribution >= 0.6 is 0 Å². The van der Waals surface area contributed by atoms with E-state index >= 15 is 0 Å². The van der Waals surface area contributed by atoms with Crippen LogP contribution in [0.5, 0.6) is 5.75 Å². The lowest BCUT2D eigenvalue weighted by molar-refractivity contribution is 0.0974. The van der Waals surface area contributed by atoms with E-state index in [-0.39, 0.29) is 12.1 Å². The molecule has 174 valence electrons. The van der Waals surface area contributed by atoms with Gasteiger partial charge in [0.25, 0.3) is 5.91 Å². The van der Waals surface area contributed by atoms with Crippen molar-refractivity contribution < 1.29 is 9.53 Å². The Morgan fingerprint density at radius 3 is 2.23 bits per heavy atom. The van der Waals surface area contributed by atoms with Gasteiger partial charge in [0.05, 0.1) is 18.4 Å². The molecule has 35 heavy (non-hydrogen) atoms. The Morgan fingerprint density at radius 2 is 1.51 bits per heavy atom. The number of rotatable bonds is 6. The summed E-state index contributed by atoms with van der Waals surface area (Å²) in [6, 6.07) is 34.3. The highest BCUT2D eigenvalue weighted by Gasteiger charge is 2.37. The average molecular weight is 461 g/mol. The van der Waals surface area contributed by atoms with Gasteiger partial charge in [-0.05, 0) is 60.5 Å². The predicted molar refractivity (Wildman–Crippen MR) is 143 cm³/mol. The molecule has 1 aliphatic heterocycles. The number of hydrogen-bond acceptors (Lipinski definition) is 3. The number of para-hydroxylation sites is 1. The highest BCUT2D eigenvalue weighted by Crippen LogP contribution is 2.36. The van der Waals surface area contributed by atoms with E-state index in [9.17, 15) is 4.79 Å². The van der Waals surface area contributed by atoms with Gasteiger partial charge in [0.2, 0.25) is 0 Å². The number of ether oxygens (including phenoxy) is 1. The standard InChI is InChI=1S/C31H28N2O2/c1-23-12-17-26(18-13-23)33-30(21-16-24-14-19-27(35-2)20-15-24)32(22-25-8-4-3-5-9-25)29-11-7-6-10-28(29)31(33)34/h3-21,30H,22H2,1-2H3/b21-16+/t30-/m1/s1. The van der Waals surface area contributed by atoms with Gasteiger partial charge in [-0.2, -0.15) is 0 Å². The number of benzene rings is 4. The van der Waals surface area contributed by atoms with Crippen LogP contribution in [0.2, 0.25) is 0 Å². The topological polar surface area (TPSA) is 32.8 Å². The van der Waals surface area contributed by atoms with Crippen molar-refractivity contribution in [2.24, 2.45) is 0 Å². The lowest BCUT2D eigenvalue weighted by Gasteiger charge is -2.44. The number of hydrogen-bond donors (Lipinski definition) is 0. The first-order valence-electron chi connectivity index (χ1n) is 11.8. The van der Waals surface area contributed by atoms with Gasteiger partial charge >= 0.3 is 0 Å². The van der Waals surface area contributed by atoms with E-state index in [1.54, 1.807) is 7.11 Å². The maximum atomic E-state index is 13.9. The normalized spacial score (nSPS) is 15.4. The zero-order valence-corrected chi connectivity index (χ0v) is 20.0. The molecule has 0 unspecified atom stereocenters. The summed E-state index contributed by atoms with van der Waals surface area (Å²) in [4.78, 5) is 18.0. The minimum Gasteiger partial charge on any atom is -0.497 e. The van der Waals surface area contributed by atoms with Crippen LogP contribution < -0.4 is 14.5 Å². The second kappa shape index (κ2) is 9.90. The number of fused-ring (bicyclic) bond motifs is 1. The van der Waals surface area contributed by atoms with E-state index in [1.165, 1.54) is 5.56 Å². The molecular weight excluding hydrogens is 432 g/mol. The number of nitrogens with zero attached hydrogens (tertiary/aromatic N) is 2. The fourth-order valence-electron chi connectivity index (χ4n) is 4.47. The molecule has 1 aliphatic rings. The Labute approximate surface area is 206 Å². The number of aryl methyl sites for hydroxylation is 1. The van der Waals surface area contributed by atoms with Gasteiger partial charge in [-0.3, -0.25) is 9.69 Å². The smallest absolute Gasteiger partial charge is 0.262 e. The number of amides is 1. The molecule has 0 radical (unpaired) electrons. The Kier molecular flexibility index (Phi) is 6.36. The molecule has 1 amide bonds. The van der Waals surface area contributed by atoms with Crippen LogP contribution in [0.1, 0.15) is 27.0 Å². The summed E-state index contributed by atoms with van der Waals surface area (Å²) in [7, 11) is 1.66. The SMILES string of the molecule is COc1ccc(/C=C/[C@@H]2N(Cc3ccccc3)c3ccccc3C(=O)N2c2ccc(C)cc2)cc1. The van der Waals surface area contributed by atoms with Gasteiger partial charge in [-0.15, -0.1) is 0 Å². The van der Waals surface area contributed by atoms with Crippen LogP contribution in [0.25, 0.3) is 6.08 Å². The van der Waals surface area contributed by atoms with Gasteiger partial charge < -0.3 is 9.64 Å². The van der Waals surface area contributed by atoms with E-state index in [1.807, 2.05) is 71.6 Å². The van der Waals surface area contributed by atoms with E-state index in [2.05, 4.69) is 60.4 Å². The minimum atomic E-state index is -0.303. The Bertz CT molecular complexity index is 1330. The first-order chi connectivity index (χ1) is 17.1. The minimum absolute atomic E-state index is 0.00172. The number of carbonyl (C=O) groups excluding carboxylic acids is 1. The van der Waals surface area contributed by atoms with E-state index in [0.29, 0.717) is 12.1 Å². The van der Waals surface area contributed by atoms with E-state index < -0.39 is 0 Å². The van der Waals surface area contributed by atoms with Gasteiger partial charge in [-0.1, -0.05) is 78.4 Å². The van der Waals surface area contributed by atoms with Crippen molar-refractivity contribution in [3.05, 3.63) is 131 Å². The van der Waals surface area contributed by atoms with Crippen LogP contribution in [-0.2, 0) is 6.54 Å². The van der Waals surface area contributed by atoms with Gasteiger partial charge in [0, 0.05) is 12.2 Å². The molecule has 4 nitrogen and oxygen atoms in total. The fourth-order valence-corrected chi connectivity index (χ4v) is 4.47. The second-order valence-corrected chi connectivity index (χ2v) is 8.69.